The molecule has 0 saturated heterocycles. The molecule has 1 aromatic heterocycles. The molecule has 0 aliphatic rings. The van der Waals surface area contributed by atoms with Gasteiger partial charge in [0.1, 0.15) is 11.4 Å². The largest absolute Gasteiger partial charge is 0.455 e. The molecule has 0 aliphatic heterocycles. The number of benzene rings is 4. The Morgan fingerprint density at radius 2 is 1.50 bits per heavy atom. The molecule has 62 heavy (non-hydrogen) atoms. The number of hydrogen-bond acceptors (Lipinski definition) is 13. The van der Waals surface area contributed by atoms with Gasteiger partial charge in [-0.3, -0.25) is 14.4 Å². The lowest BCUT2D eigenvalue weighted by Gasteiger charge is -2.14. The number of hydrogen-bond donors (Lipinski definition) is 8. The third kappa shape index (κ3) is 15.2. The molecule has 16 heteroatoms. The SMILES string of the molecule is C=CC(=O)NCc1ccc(C(=O)Nc2ccccc2Oc2ccc(NCCOCCNC(=O)C#Cc3ccc(CNc4nc(SCCC)nc(NCCN)c4N)cc3)cc2)cc1. The van der Waals surface area contributed by atoms with Crippen LogP contribution in [0.3, 0.4) is 0 Å². The topological polar surface area (TPSA) is 220 Å². The summed E-state index contributed by atoms with van der Waals surface area (Å²) >= 11 is 1.57. The predicted molar refractivity (Wildman–Crippen MR) is 247 cm³/mol. The van der Waals surface area contributed by atoms with Crippen molar-refractivity contribution in [3.63, 3.8) is 0 Å². The fourth-order valence-electron chi connectivity index (χ4n) is 5.49. The minimum Gasteiger partial charge on any atom is -0.455 e. The average molecular weight is 857 g/mol. The van der Waals surface area contributed by atoms with Crippen LogP contribution in [0.2, 0.25) is 0 Å². The highest BCUT2D eigenvalue weighted by Crippen LogP contribution is 2.31. The van der Waals surface area contributed by atoms with Crippen molar-refractivity contribution in [3.8, 4) is 23.3 Å². The number of thioether (sulfide) groups is 1. The molecular weight excluding hydrogens is 805 g/mol. The van der Waals surface area contributed by atoms with E-state index in [9.17, 15) is 14.4 Å². The molecule has 5 rings (SSSR count). The molecule has 0 unspecified atom stereocenters. The zero-order valence-corrected chi connectivity index (χ0v) is 35.4. The Morgan fingerprint density at radius 1 is 0.806 bits per heavy atom. The molecule has 0 fully saturated rings. The van der Waals surface area contributed by atoms with Crippen LogP contribution < -0.4 is 48.1 Å². The fourth-order valence-corrected chi connectivity index (χ4v) is 6.19. The van der Waals surface area contributed by atoms with Crippen molar-refractivity contribution in [2.24, 2.45) is 5.73 Å². The number of nitrogens with two attached hydrogens (primary N) is 2. The Kier molecular flexibility index (Phi) is 18.5. The molecule has 10 N–H and O–H groups in total. The van der Waals surface area contributed by atoms with Crippen molar-refractivity contribution < 1.29 is 23.9 Å². The van der Waals surface area contributed by atoms with E-state index >= 15 is 0 Å². The van der Waals surface area contributed by atoms with Crippen LogP contribution in [0.5, 0.6) is 11.5 Å². The van der Waals surface area contributed by atoms with Crippen molar-refractivity contribution >= 4 is 58.2 Å². The van der Waals surface area contributed by atoms with E-state index in [1.807, 2.05) is 60.7 Å². The lowest BCUT2D eigenvalue weighted by Crippen LogP contribution is -2.26. The molecule has 4 aromatic carbocycles. The van der Waals surface area contributed by atoms with Gasteiger partial charge in [-0.15, -0.1) is 0 Å². The van der Waals surface area contributed by atoms with Crippen LogP contribution in [0.1, 0.15) is 40.4 Å². The number of carbonyl (C=O) groups excluding carboxylic acids is 3. The zero-order chi connectivity index (χ0) is 43.9. The lowest BCUT2D eigenvalue weighted by atomic mass is 10.1. The third-order valence-corrected chi connectivity index (χ3v) is 9.78. The highest BCUT2D eigenvalue weighted by atomic mass is 32.2. The lowest BCUT2D eigenvalue weighted by molar-refractivity contribution is -0.117. The van der Waals surface area contributed by atoms with Crippen molar-refractivity contribution in [3.05, 3.63) is 132 Å². The fraction of sp³-hybridized carbons (Fsp3) is 0.239. The maximum atomic E-state index is 13.0. The molecule has 3 amide bonds. The number of nitrogens with one attached hydrogen (secondary N) is 6. The van der Waals surface area contributed by atoms with E-state index in [1.54, 1.807) is 48.2 Å². The van der Waals surface area contributed by atoms with Gasteiger partial charge in [0.15, 0.2) is 22.5 Å². The molecule has 15 nitrogen and oxygen atoms in total. The minimum atomic E-state index is -0.390. The predicted octanol–water partition coefficient (Wildman–Crippen LogP) is 5.99. The van der Waals surface area contributed by atoms with Gasteiger partial charge in [0, 0.05) is 67.8 Å². The number of rotatable bonds is 23. The van der Waals surface area contributed by atoms with Crippen LogP contribution in [-0.2, 0) is 27.4 Å². The van der Waals surface area contributed by atoms with Crippen LogP contribution >= 0.6 is 11.8 Å². The monoisotopic (exact) mass is 856 g/mol. The smallest absolute Gasteiger partial charge is 0.296 e. The summed E-state index contributed by atoms with van der Waals surface area (Å²) in [4.78, 5) is 45.8. The summed E-state index contributed by atoms with van der Waals surface area (Å²) in [6.45, 7) is 9.01. The molecular formula is C46H52N10O5S. The quantitative estimate of drug-likeness (QED) is 0.0125. The van der Waals surface area contributed by atoms with E-state index in [0.717, 1.165) is 29.0 Å². The van der Waals surface area contributed by atoms with Gasteiger partial charge in [-0.05, 0) is 84.3 Å². The second kappa shape index (κ2) is 24.9. The van der Waals surface area contributed by atoms with Gasteiger partial charge < -0.3 is 52.8 Å². The van der Waals surface area contributed by atoms with Gasteiger partial charge in [-0.1, -0.05) is 67.6 Å². The summed E-state index contributed by atoms with van der Waals surface area (Å²) in [6, 6.07) is 29.1. The van der Waals surface area contributed by atoms with Crippen LogP contribution in [0.25, 0.3) is 0 Å². The normalized spacial score (nSPS) is 10.4. The Balaban J connectivity index is 0.974. The van der Waals surface area contributed by atoms with E-state index in [-0.39, 0.29) is 11.8 Å². The van der Waals surface area contributed by atoms with Crippen LogP contribution in [0.15, 0.2) is 115 Å². The summed E-state index contributed by atoms with van der Waals surface area (Å²) in [5, 5.41) is 18.8. The summed E-state index contributed by atoms with van der Waals surface area (Å²) < 4.78 is 11.8. The van der Waals surface area contributed by atoms with E-state index in [0.29, 0.717) is 103 Å². The Bertz CT molecular complexity index is 2320. The number of ether oxygens (including phenoxy) is 2. The van der Waals surface area contributed by atoms with E-state index in [2.05, 4.69) is 67.2 Å². The van der Waals surface area contributed by atoms with Crippen molar-refractivity contribution in [1.29, 1.82) is 0 Å². The molecule has 1 heterocycles. The maximum Gasteiger partial charge on any atom is 0.296 e. The summed E-state index contributed by atoms with van der Waals surface area (Å²) in [7, 11) is 0. The van der Waals surface area contributed by atoms with Gasteiger partial charge >= 0.3 is 0 Å². The first-order chi connectivity index (χ1) is 30.2. The molecule has 0 saturated carbocycles. The molecule has 0 atom stereocenters. The molecule has 0 radical (unpaired) electrons. The van der Waals surface area contributed by atoms with Gasteiger partial charge in [0.2, 0.25) is 5.91 Å². The summed E-state index contributed by atoms with van der Waals surface area (Å²) in [6.07, 6.45) is 2.21. The average Bonchev–Trinajstić information content (AvgIpc) is 3.30. The standard InChI is InChI=1S/C46H52N10O5S/c1-3-29-62-46-55-43(51-24-23-47)42(48)44(56-46)53-31-33-11-9-32(10-12-33)15-22-41(58)50-26-28-60-27-25-49-36-18-20-37(21-19-36)61-39-8-6-5-7-38(39)54-45(59)35-16-13-34(14-17-35)30-52-40(57)4-2/h4-14,16-21,49H,2-3,23-31,47-48H2,1H3,(H,50,58)(H,52,57)(H,54,59)(H2,51,53,55,56). The maximum absolute atomic E-state index is 13.0. The summed E-state index contributed by atoms with van der Waals surface area (Å²) in [5.74, 6) is 7.67. The number of amides is 3. The summed E-state index contributed by atoms with van der Waals surface area (Å²) in [5.41, 5.74) is 16.8. The third-order valence-electron chi connectivity index (χ3n) is 8.72. The minimum absolute atomic E-state index is 0.265. The number of carbonyl (C=O) groups is 3. The molecule has 322 valence electrons. The first kappa shape index (κ1) is 46.0. The van der Waals surface area contributed by atoms with E-state index in [4.69, 9.17) is 20.9 Å². The van der Waals surface area contributed by atoms with Gasteiger partial charge in [-0.25, -0.2) is 9.97 Å². The Labute approximate surface area is 366 Å². The number of para-hydroxylation sites is 2. The van der Waals surface area contributed by atoms with Crippen LogP contribution in [-0.4, -0.2) is 72.8 Å². The number of nitrogen functional groups attached to an aromatic ring is 1. The first-order valence-electron chi connectivity index (χ1n) is 20.1. The number of anilines is 5. The Hall–Kier alpha value is -7.06. The Morgan fingerprint density at radius 3 is 2.23 bits per heavy atom. The molecule has 0 spiro atoms. The number of nitrogens with zero attached hydrogens (tertiary/aromatic N) is 2. The van der Waals surface area contributed by atoms with E-state index in [1.165, 1.54) is 6.08 Å². The van der Waals surface area contributed by atoms with Crippen molar-refractivity contribution in [2.75, 3.05) is 72.1 Å². The molecule has 0 aliphatic carbocycles. The highest BCUT2D eigenvalue weighted by molar-refractivity contribution is 7.99. The van der Waals surface area contributed by atoms with Crippen molar-refractivity contribution in [2.45, 2.75) is 31.6 Å². The molecule has 0 bridgehead atoms. The highest BCUT2D eigenvalue weighted by Gasteiger charge is 2.13. The van der Waals surface area contributed by atoms with Gasteiger partial charge in [0.05, 0.1) is 18.9 Å². The van der Waals surface area contributed by atoms with Gasteiger partial charge in [-0.2, -0.15) is 0 Å². The first-order valence-corrected chi connectivity index (χ1v) is 21.1. The zero-order valence-electron chi connectivity index (χ0n) is 34.6. The van der Waals surface area contributed by atoms with Crippen molar-refractivity contribution in [1.82, 2.24) is 20.6 Å². The molecule has 5 aromatic rings. The second-order valence-corrected chi connectivity index (χ2v) is 14.5. The van der Waals surface area contributed by atoms with Crippen LogP contribution in [0.4, 0.5) is 28.7 Å². The second-order valence-electron chi connectivity index (χ2n) is 13.5. The van der Waals surface area contributed by atoms with Crippen LogP contribution in [0, 0.1) is 11.8 Å². The van der Waals surface area contributed by atoms with Gasteiger partial charge in [0.25, 0.3) is 11.8 Å². The van der Waals surface area contributed by atoms with E-state index < -0.39 is 5.91 Å². The number of aromatic nitrogens is 2.